The quantitative estimate of drug-likeness (QED) is 0.783. The molecule has 0 saturated heterocycles. The summed E-state index contributed by atoms with van der Waals surface area (Å²) in [6, 6.07) is 0.0934. The third-order valence-electron chi connectivity index (χ3n) is 4.52. The van der Waals surface area contributed by atoms with Gasteiger partial charge in [0.15, 0.2) is 5.75 Å². The van der Waals surface area contributed by atoms with Crippen molar-refractivity contribution in [3.8, 4) is 5.75 Å². The Balaban J connectivity index is 2.32. The standard InChI is InChI=1S/C15H28N4O2/c1-16-14(15(21-5)7-6-8-15)13-12(20-4)11-17-19(13)10-9-18(2)3/h11,14,16H,6-10H2,1-5H3. The average molecular weight is 296 g/mol. The molecule has 21 heavy (non-hydrogen) atoms. The van der Waals surface area contributed by atoms with E-state index in [9.17, 15) is 0 Å². The first-order valence-corrected chi connectivity index (χ1v) is 7.55. The van der Waals surface area contributed by atoms with Crippen molar-refractivity contribution in [3.05, 3.63) is 11.9 Å². The molecule has 1 saturated carbocycles. The number of hydrogen-bond acceptors (Lipinski definition) is 5. The molecule has 2 rings (SSSR count). The highest BCUT2D eigenvalue weighted by atomic mass is 16.5. The van der Waals surface area contributed by atoms with Crippen LogP contribution in [-0.2, 0) is 11.3 Å². The fraction of sp³-hybridized carbons (Fsp3) is 0.800. The van der Waals surface area contributed by atoms with Crippen molar-refractivity contribution in [2.75, 3.05) is 41.9 Å². The molecule has 1 aliphatic carbocycles. The normalized spacial score (nSPS) is 18.6. The van der Waals surface area contributed by atoms with Gasteiger partial charge in [0.1, 0.15) is 5.69 Å². The second kappa shape index (κ2) is 6.77. The van der Waals surface area contributed by atoms with E-state index in [-0.39, 0.29) is 11.6 Å². The van der Waals surface area contributed by atoms with Gasteiger partial charge in [-0.15, -0.1) is 0 Å². The number of likely N-dealkylation sites (N-methyl/N-ethyl adjacent to an activating group) is 2. The fourth-order valence-corrected chi connectivity index (χ4v) is 3.08. The molecule has 1 aromatic heterocycles. The maximum atomic E-state index is 5.86. The van der Waals surface area contributed by atoms with Gasteiger partial charge in [-0.05, 0) is 40.4 Å². The number of nitrogens with one attached hydrogen (secondary N) is 1. The maximum absolute atomic E-state index is 5.86. The molecule has 0 bridgehead atoms. The van der Waals surface area contributed by atoms with E-state index in [1.165, 1.54) is 6.42 Å². The summed E-state index contributed by atoms with van der Waals surface area (Å²) in [6.45, 7) is 1.78. The molecule has 0 aliphatic heterocycles. The molecule has 1 unspecified atom stereocenters. The second-order valence-corrected chi connectivity index (χ2v) is 5.97. The lowest BCUT2D eigenvalue weighted by atomic mass is 9.73. The minimum atomic E-state index is -0.141. The number of hydrogen-bond donors (Lipinski definition) is 1. The van der Waals surface area contributed by atoms with Gasteiger partial charge < -0.3 is 19.7 Å². The third kappa shape index (κ3) is 3.07. The summed E-state index contributed by atoms with van der Waals surface area (Å²) in [5, 5.41) is 7.92. The van der Waals surface area contributed by atoms with E-state index in [2.05, 4.69) is 29.4 Å². The first-order valence-electron chi connectivity index (χ1n) is 7.55. The number of nitrogens with zero attached hydrogens (tertiary/aromatic N) is 3. The van der Waals surface area contributed by atoms with Gasteiger partial charge in [-0.1, -0.05) is 0 Å². The van der Waals surface area contributed by atoms with E-state index in [0.717, 1.165) is 37.4 Å². The Morgan fingerprint density at radius 3 is 2.57 bits per heavy atom. The molecule has 0 radical (unpaired) electrons. The topological polar surface area (TPSA) is 51.5 Å². The molecular weight excluding hydrogens is 268 g/mol. The van der Waals surface area contributed by atoms with Crippen LogP contribution in [0.2, 0.25) is 0 Å². The van der Waals surface area contributed by atoms with Crippen LogP contribution in [0.4, 0.5) is 0 Å². The van der Waals surface area contributed by atoms with Gasteiger partial charge in [0.05, 0.1) is 31.5 Å². The second-order valence-electron chi connectivity index (χ2n) is 5.97. The number of methoxy groups -OCH3 is 2. The molecule has 0 spiro atoms. The summed E-state index contributed by atoms with van der Waals surface area (Å²) in [4.78, 5) is 2.15. The molecular formula is C15H28N4O2. The first kappa shape index (κ1) is 16.3. The van der Waals surface area contributed by atoms with Crippen LogP contribution >= 0.6 is 0 Å². The van der Waals surface area contributed by atoms with Gasteiger partial charge >= 0.3 is 0 Å². The zero-order chi connectivity index (χ0) is 15.5. The van der Waals surface area contributed by atoms with E-state index in [1.807, 2.05) is 11.7 Å². The number of rotatable bonds is 8. The molecule has 120 valence electrons. The summed E-state index contributed by atoms with van der Waals surface area (Å²) < 4.78 is 13.4. The molecule has 1 fully saturated rings. The lowest BCUT2D eigenvalue weighted by Crippen LogP contribution is -2.50. The minimum absolute atomic E-state index is 0.0934. The molecule has 1 aromatic rings. The van der Waals surface area contributed by atoms with Crippen LogP contribution in [0, 0.1) is 0 Å². The van der Waals surface area contributed by atoms with Crippen molar-refractivity contribution in [2.24, 2.45) is 0 Å². The predicted octanol–water partition coefficient (Wildman–Crippen LogP) is 1.28. The molecule has 1 N–H and O–H groups in total. The molecule has 0 aromatic carbocycles. The van der Waals surface area contributed by atoms with Crippen molar-refractivity contribution in [3.63, 3.8) is 0 Å². The summed E-state index contributed by atoms with van der Waals surface area (Å²) in [7, 11) is 9.61. The Bertz CT molecular complexity index is 449. The lowest BCUT2D eigenvalue weighted by Gasteiger charge is -2.46. The zero-order valence-electron chi connectivity index (χ0n) is 13.8. The highest BCUT2D eigenvalue weighted by Gasteiger charge is 2.47. The lowest BCUT2D eigenvalue weighted by molar-refractivity contribution is -0.100. The van der Waals surface area contributed by atoms with Crippen LogP contribution in [-0.4, -0.2) is 62.2 Å². The highest BCUT2D eigenvalue weighted by Crippen LogP contribution is 2.46. The van der Waals surface area contributed by atoms with Crippen molar-refractivity contribution < 1.29 is 9.47 Å². The van der Waals surface area contributed by atoms with Crippen molar-refractivity contribution in [2.45, 2.75) is 37.5 Å². The molecule has 6 nitrogen and oxygen atoms in total. The van der Waals surface area contributed by atoms with Crippen LogP contribution in [0.5, 0.6) is 5.75 Å². The Morgan fingerprint density at radius 1 is 1.43 bits per heavy atom. The van der Waals surface area contributed by atoms with Crippen molar-refractivity contribution >= 4 is 0 Å². The van der Waals surface area contributed by atoms with Gasteiger partial charge in [0.2, 0.25) is 0 Å². The summed E-state index contributed by atoms with van der Waals surface area (Å²) in [5.41, 5.74) is 0.946. The summed E-state index contributed by atoms with van der Waals surface area (Å²) in [5.74, 6) is 0.830. The van der Waals surface area contributed by atoms with E-state index in [0.29, 0.717) is 0 Å². The molecule has 1 heterocycles. The van der Waals surface area contributed by atoms with Crippen molar-refractivity contribution in [1.29, 1.82) is 0 Å². The Morgan fingerprint density at radius 2 is 2.14 bits per heavy atom. The van der Waals surface area contributed by atoms with Crippen LogP contribution < -0.4 is 10.1 Å². The van der Waals surface area contributed by atoms with Crippen molar-refractivity contribution in [1.82, 2.24) is 20.0 Å². The summed E-state index contributed by atoms with van der Waals surface area (Å²) >= 11 is 0. The van der Waals surface area contributed by atoms with Crippen LogP contribution in [0.15, 0.2) is 6.20 Å². The Labute approximate surface area is 127 Å². The smallest absolute Gasteiger partial charge is 0.161 e. The van der Waals surface area contributed by atoms with E-state index in [1.54, 1.807) is 20.4 Å². The Hall–Kier alpha value is -1.11. The first-order chi connectivity index (χ1) is 10.1. The predicted molar refractivity (Wildman–Crippen MR) is 82.7 cm³/mol. The highest BCUT2D eigenvalue weighted by molar-refractivity contribution is 5.31. The minimum Gasteiger partial charge on any atom is -0.493 e. The largest absolute Gasteiger partial charge is 0.493 e. The average Bonchev–Trinajstić information content (AvgIpc) is 2.83. The summed E-state index contributed by atoms with van der Waals surface area (Å²) in [6.07, 6.45) is 5.14. The number of aromatic nitrogens is 2. The molecule has 1 atom stereocenters. The fourth-order valence-electron chi connectivity index (χ4n) is 3.08. The van der Waals surface area contributed by atoms with E-state index in [4.69, 9.17) is 9.47 Å². The zero-order valence-corrected chi connectivity index (χ0v) is 13.8. The maximum Gasteiger partial charge on any atom is 0.161 e. The Kier molecular flexibility index (Phi) is 5.24. The van der Waals surface area contributed by atoms with E-state index >= 15 is 0 Å². The van der Waals surface area contributed by atoms with Gasteiger partial charge in [-0.2, -0.15) is 5.10 Å². The SMILES string of the molecule is CNC(c1c(OC)cnn1CCN(C)C)C1(OC)CCC1. The van der Waals surface area contributed by atoms with Gasteiger partial charge in [0, 0.05) is 13.7 Å². The van der Waals surface area contributed by atoms with Crippen LogP contribution in [0.1, 0.15) is 31.0 Å². The monoisotopic (exact) mass is 296 g/mol. The van der Waals surface area contributed by atoms with Gasteiger partial charge in [-0.3, -0.25) is 4.68 Å². The third-order valence-corrected chi connectivity index (χ3v) is 4.52. The molecule has 1 aliphatic rings. The van der Waals surface area contributed by atoms with Gasteiger partial charge in [-0.25, -0.2) is 0 Å². The molecule has 0 amide bonds. The van der Waals surface area contributed by atoms with E-state index < -0.39 is 0 Å². The molecule has 6 heteroatoms. The van der Waals surface area contributed by atoms with Crippen LogP contribution in [0.3, 0.4) is 0 Å². The number of ether oxygens (including phenoxy) is 2. The van der Waals surface area contributed by atoms with Gasteiger partial charge in [0.25, 0.3) is 0 Å². The van der Waals surface area contributed by atoms with Crippen LogP contribution in [0.25, 0.3) is 0 Å².